The standard InChI is InChI=1S/C24H35NO6S2/c1-6-13-32-33-14-16(2)21(27)25-18(17-9-7-8-10-20(17)26)11-12-19(25)22(28)30-15-31-23(29)24(3,4)5/h7-10,16,18-19,26H,6,11-15H2,1-5H3/t16-,18?,19?/m1/s1. The van der Waals surface area contributed by atoms with Crippen molar-refractivity contribution in [2.45, 2.75) is 66.0 Å². The van der Waals surface area contributed by atoms with Gasteiger partial charge in [-0.2, -0.15) is 0 Å². The van der Waals surface area contributed by atoms with Gasteiger partial charge in [-0.05, 0) is 46.1 Å². The zero-order valence-corrected chi connectivity index (χ0v) is 21.7. The Hall–Kier alpha value is -1.87. The second-order valence-electron chi connectivity index (χ2n) is 9.18. The molecule has 1 N–H and O–H groups in total. The number of esters is 2. The quantitative estimate of drug-likeness (QED) is 0.210. The third-order valence-corrected chi connectivity index (χ3v) is 8.11. The highest BCUT2D eigenvalue weighted by Gasteiger charge is 2.44. The second kappa shape index (κ2) is 12.6. The predicted octanol–water partition coefficient (Wildman–Crippen LogP) is 4.94. The van der Waals surface area contributed by atoms with E-state index in [0.29, 0.717) is 24.2 Å². The number of rotatable bonds is 10. The summed E-state index contributed by atoms with van der Waals surface area (Å²) in [5, 5.41) is 10.4. The van der Waals surface area contributed by atoms with E-state index < -0.39 is 36.2 Å². The molecule has 1 fully saturated rings. The van der Waals surface area contributed by atoms with Crippen LogP contribution in [0.15, 0.2) is 24.3 Å². The Labute approximate surface area is 204 Å². The van der Waals surface area contributed by atoms with Crippen LogP contribution in [0.4, 0.5) is 0 Å². The molecule has 3 atom stereocenters. The van der Waals surface area contributed by atoms with E-state index in [1.54, 1.807) is 71.5 Å². The minimum Gasteiger partial charge on any atom is -0.508 e. The van der Waals surface area contributed by atoms with Crippen molar-refractivity contribution in [3.8, 4) is 5.75 Å². The molecule has 0 aliphatic carbocycles. The van der Waals surface area contributed by atoms with Crippen LogP contribution in [-0.4, -0.2) is 52.2 Å². The average Bonchev–Trinajstić information content (AvgIpc) is 3.20. The highest BCUT2D eigenvalue weighted by atomic mass is 33.1. The molecule has 0 bridgehead atoms. The van der Waals surface area contributed by atoms with E-state index in [1.807, 2.05) is 6.92 Å². The van der Waals surface area contributed by atoms with Crippen LogP contribution in [0.3, 0.4) is 0 Å². The van der Waals surface area contributed by atoms with Gasteiger partial charge in [0.25, 0.3) is 0 Å². The number of carbonyl (C=O) groups excluding carboxylic acids is 3. The van der Waals surface area contributed by atoms with E-state index in [2.05, 4.69) is 6.92 Å². The lowest BCUT2D eigenvalue weighted by molar-refractivity contribution is -0.177. The number of carbonyl (C=O) groups is 3. The van der Waals surface area contributed by atoms with E-state index in [9.17, 15) is 19.5 Å². The van der Waals surface area contributed by atoms with Crippen LogP contribution in [-0.2, 0) is 23.9 Å². The molecule has 1 aromatic rings. The summed E-state index contributed by atoms with van der Waals surface area (Å²) in [5.74, 6) is 0.184. The largest absolute Gasteiger partial charge is 0.508 e. The maximum absolute atomic E-state index is 13.5. The Morgan fingerprint density at radius 2 is 1.85 bits per heavy atom. The third kappa shape index (κ3) is 7.57. The van der Waals surface area contributed by atoms with Gasteiger partial charge in [0, 0.05) is 23.0 Å². The summed E-state index contributed by atoms with van der Waals surface area (Å²) in [4.78, 5) is 39.9. The number of phenols is 1. The summed E-state index contributed by atoms with van der Waals surface area (Å²) < 4.78 is 10.3. The lowest BCUT2D eigenvalue weighted by Crippen LogP contribution is -2.45. The molecule has 0 aromatic heterocycles. The van der Waals surface area contributed by atoms with Gasteiger partial charge in [0.05, 0.1) is 11.5 Å². The van der Waals surface area contributed by atoms with Crippen LogP contribution < -0.4 is 0 Å². The summed E-state index contributed by atoms with van der Waals surface area (Å²) in [5.41, 5.74) is -0.0962. The fourth-order valence-corrected chi connectivity index (χ4v) is 5.98. The molecular formula is C24H35NO6S2. The number of phenolic OH excluding ortho intramolecular Hbond substituents is 1. The lowest BCUT2D eigenvalue weighted by atomic mass is 9.98. The highest BCUT2D eigenvalue weighted by molar-refractivity contribution is 8.76. The normalized spacial score (nSPS) is 19.2. The molecule has 2 unspecified atom stereocenters. The van der Waals surface area contributed by atoms with Crippen LogP contribution >= 0.6 is 21.6 Å². The van der Waals surface area contributed by atoms with Gasteiger partial charge in [0.2, 0.25) is 12.7 Å². The minimum absolute atomic E-state index is 0.0916. The molecule has 1 amide bonds. The van der Waals surface area contributed by atoms with Crippen molar-refractivity contribution < 1.29 is 29.0 Å². The van der Waals surface area contributed by atoms with Crippen LogP contribution in [0.25, 0.3) is 0 Å². The van der Waals surface area contributed by atoms with Crippen LogP contribution in [0.5, 0.6) is 5.75 Å². The number of para-hydroxylation sites is 1. The fourth-order valence-electron chi connectivity index (χ4n) is 3.50. The molecule has 0 radical (unpaired) electrons. The van der Waals surface area contributed by atoms with Crippen molar-refractivity contribution in [1.29, 1.82) is 0 Å². The zero-order chi connectivity index (χ0) is 24.6. The Morgan fingerprint density at radius 1 is 1.15 bits per heavy atom. The Morgan fingerprint density at radius 3 is 2.48 bits per heavy atom. The van der Waals surface area contributed by atoms with Crippen molar-refractivity contribution in [2.24, 2.45) is 11.3 Å². The van der Waals surface area contributed by atoms with Gasteiger partial charge in [0.15, 0.2) is 0 Å². The molecule has 2 rings (SSSR count). The summed E-state index contributed by atoms with van der Waals surface area (Å²) in [7, 11) is 3.38. The van der Waals surface area contributed by atoms with Crippen molar-refractivity contribution in [2.75, 3.05) is 18.3 Å². The molecule has 1 aliphatic rings. The fraction of sp³-hybridized carbons (Fsp3) is 0.625. The van der Waals surface area contributed by atoms with Crippen LogP contribution in [0.2, 0.25) is 0 Å². The first-order valence-corrected chi connectivity index (χ1v) is 13.7. The number of likely N-dealkylation sites (tertiary alicyclic amines) is 1. The highest BCUT2D eigenvalue weighted by Crippen LogP contribution is 2.41. The minimum atomic E-state index is -0.800. The zero-order valence-electron chi connectivity index (χ0n) is 20.0. The van der Waals surface area contributed by atoms with E-state index in [-0.39, 0.29) is 17.6 Å². The number of nitrogens with zero attached hydrogens (tertiary/aromatic N) is 1. The Balaban J connectivity index is 2.15. The van der Waals surface area contributed by atoms with E-state index in [0.717, 1.165) is 12.2 Å². The lowest BCUT2D eigenvalue weighted by Gasteiger charge is -2.32. The van der Waals surface area contributed by atoms with E-state index >= 15 is 0 Å². The predicted molar refractivity (Wildman–Crippen MR) is 132 cm³/mol. The van der Waals surface area contributed by atoms with Gasteiger partial charge < -0.3 is 19.5 Å². The number of hydrogen-bond donors (Lipinski definition) is 1. The summed E-state index contributed by atoms with van der Waals surface area (Å²) in [6.45, 7) is 8.61. The second-order valence-corrected chi connectivity index (χ2v) is 11.8. The Kier molecular flexibility index (Phi) is 10.4. The van der Waals surface area contributed by atoms with Crippen molar-refractivity contribution in [3.05, 3.63) is 29.8 Å². The molecule has 9 heteroatoms. The number of amides is 1. The molecule has 33 heavy (non-hydrogen) atoms. The smallest absolute Gasteiger partial charge is 0.331 e. The summed E-state index contributed by atoms with van der Waals surface area (Å²) in [6.07, 6.45) is 1.99. The molecular weight excluding hydrogens is 462 g/mol. The molecule has 1 aromatic carbocycles. The monoisotopic (exact) mass is 497 g/mol. The first-order valence-electron chi connectivity index (χ1n) is 11.3. The van der Waals surface area contributed by atoms with E-state index in [4.69, 9.17) is 9.47 Å². The van der Waals surface area contributed by atoms with Gasteiger partial charge in [-0.3, -0.25) is 9.59 Å². The molecule has 184 valence electrons. The van der Waals surface area contributed by atoms with Crippen LogP contribution in [0.1, 0.15) is 65.5 Å². The average molecular weight is 498 g/mol. The molecule has 1 saturated heterocycles. The van der Waals surface area contributed by atoms with E-state index in [1.165, 1.54) is 0 Å². The first kappa shape index (κ1) is 27.4. The van der Waals surface area contributed by atoms with Crippen LogP contribution in [0, 0.1) is 11.3 Å². The topological polar surface area (TPSA) is 93.1 Å². The number of benzene rings is 1. The van der Waals surface area contributed by atoms with Gasteiger partial charge in [-0.1, -0.05) is 53.6 Å². The number of ether oxygens (including phenoxy) is 2. The maximum atomic E-state index is 13.5. The van der Waals surface area contributed by atoms with Gasteiger partial charge in [-0.25, -0.2) is 4.79 Å². The van der Waals surface area contributed by atoms with Crippen molar-refractivity contribution >= 4 is 39.4 Å². The summed E-state index contributed by atoms with van der Waals surface area (Å²) in [6, 6.07) is 5.65. The SMILES string of the molecule is CCCSSC[C@@H](C)C(=O)N1C(C(=O)OCOC(=O)C(C)(C)C)CCC1c1ccccc1O. The summed E-state index contributed by atoms with van der Waals surface area (Å²) >= 11 is 0. The molecule has 1 aliphatic heterocycles. The van der Waals surface area contributed by atoms with Crippen molar-refractivity contribution in [3.63, 3.8) is 0 Å². The van der Waals surface area contributed by atoms with Gasteiger partial charge in [0.1, 0.15) is 11.8 Å². The molecule has 0 saturated carbocycles. The maximum Gasteiger partial charge on any atom is 0.331 e. The van der Waals surface area contributed by atoms with Crippen molar-refractivity contribution in [1.82, 2.24) is 4.90 Å². The first-order chi connectivity index (χ1) is 15.6. The molecule has 1 heterocycles. The third-order valence-electron chi connectivity index (χ3n) is 5.32. The Bertz CT molecular complexity index is 825. The molecule has 7 nitrogen and oxygen atoms in total. The van der Waals surface area contributed by atoms with Gasteiger partial charge >= 0.3 is 11.9 Å². The van der Waals surface area contributed by atoms with Gasteiger partial charge in [-0.15, -0.1) is 0 Å². The molecule has 0 spiro atoms. The number of hydrogen-bond acceptors (Lipinski definition) is 8. The number of aromatic hydroxyl groups is 1.